The Morgan fingerprint density at radius 2 is 2.24 bits per heavy atom. The van der Waals surface area contributed by atoms with Crippen LogP contribution in [0.4, 0.5) is 5.82 Å². The summed E-state index contributed by atoms with van der Waals surface area (Å²) < 4.78 is 0. The lowest BCUT2D eigenvalue weighted by atomic mass is 9.96. The average molecular weight is 235 g/mol. The monoisotopic (exact) mass is 235 g/mol. The molecule has 17 heavy (non-hydrogen) atoms. The van der Waals surface area contributed by atoms with Crippen molar-refractivity contribution >= 4 is 11.5 Å². The molecule has 0 aliphatic rings. The molecule has 0 aliphatic heterocycles. The fourth-order valence-corrected chi connectivity index (χ4v) is 1.77. The van der Waals surface area contributed by atoms with Gasteiger partial charge in [-0.15, -0.1) is 0 Å². The number of aliphatic hydroxyl groups is 1. The fraction of sp³-hybridized carbons (Fsp3) is 0.538. The van der Waals surface area contributed by atoms with Crippen molar-refractivity contribution in [3.05, 3.63) is 23.4 Å². The van der Waals surface area contributed by atoms with E-state index in [-0.39, 0.29) is 6.61 Å². The first-order chi connectivity index (χ1) is 8.07. The quantitative estimate of drug-likeness (QED) is 0.524. The van der Waals surface area contributed by atoms with Crippen molar-refractivity contribution in [2.24, 2.45) is 0 Å². The van der Waals surface area contributed by atoms with E-state index >= 15 is 0 Å². The van der Waals surface area contributed by atoms with Crippen LogP contribution in [-0.2, 0) is 0 Å². The third kappa shape index (κ3) is 3.53. The highest BCUT2D eigenvalue weighted by Gasteiger charge is 2.13. The van der Waals surface area contributed by atoms with Crippen LogP contribution in [0.3, 0.4) is 0 Å². The molecule has 1 rings (SSSR count). The van der Waals surface area contributed by atoms with Gasteiger partial charge in [-0.3, -0.25) is 0 Å². The van der Waals surface area contributed by atoms with Gasteiger partial charge in [0.15, 0.2) is 0 Å². The van der Waals surface area contributed by atoms with E-state index in [0.717, 1.165) is 16.9 Å². The van der Waals surface area contributed by atoms with E-state index in [1.54, 1.807) is 13.1 Å². The van der Waals surface area contributed by atoms with Gasteiger partial charge >= 0.3 is 0 Å². The summed E-state index contributed by atoms with van der Waals surface area (Å²) in [7, 11) is 0. The molecule has 0 amide bonds. The number of anilines is 1. The maximum Gasteiger partial charge on any atom is 0.135 e. The van der Waals surface area contributed by atoms with Gasteiger partial charge in [0, 0.05) is 30.6 Å². The molecule has 0 aromatic carbocycles. The normalized spacial score (nSPS) is 10.6. The molecule has 1 aromatic heterocycles. The SMILES string of the molecule is CC(=N)c1c(C(C)C)ccnc1NCCCO. The zero-order chi connectivity index (χ0) is 12.8. The highest BCUT2D eigenvalue weighted by atomic mass is 16.3. The van der Waals surface area contributed by atoms with Crippen LogP contribution in [0.5, 0.6) is 0 Å². The molecule has 4 heteroatoms. The largest absolute Gasteiger partial charge is 0.396 e. The molecule has 3 N–H and O–H groups in total. The Labute approximate surface area is 103 Å². The third-order valence-corrected chi connectivity index (χ3v) is 2.61. The summed E-state index contributed by atoms with van der Waals surface area (Å²) in [5.74, 6) is 1.11. The minimum absolute atomic E-state index is 0.162. The zero-order valence-electron chi connectivity index (χ0n) is 10.7. The van der Waals surface area contributed by atoms with Crippen molar-refractivity contribution in [2.45, 2.75) is 33.1 Å². The lowest BCUT2D eigenvalue weighted by Gasteiger charge is -2.16. The first-order valence-corrected chi connectivity index (χ1v) is 5.97. The van der Waals surface area contributed by atoms with E-state index < -0.39 is 0 Å². The second kappa shape index (κ2) is 6.35. The first kappa shape index (κ1) is 13.6. The van der Waals surface area contributed by atoms with Crippen LogP contribution < -0.4 is 5.32 Å². The zero-order valence-corrected chi connectivity index (χ0v) is 10.7. The van der Waals surface area contributed by atoms with Gasteiger partial charge in [0.05, 0.1) is 0 Å². The van der Waals surface area contributed by atoms with E-state index in [1.807, 2.05) is 6.07 Å². The van der Waals surface area contributed by atoms with Crippen molar-refractivity contribution in [1.82, 2.24) is 4.98 Å². The Morgan fingerprint density at radius 3 is 2.76 bits per heavy atom. The van der Waals surface area contributed by atoms with Crippen molar-refractivity contribution in [1.29, 1.82) is 5.41 Å². The van der Waals surface area contributed by atoms with Gasteiger partial charge in [0.2, 0.25) is 0 Å². The number of nitrogens with one attached hydrogen (secondary N) is 2. The predicted molar refractivity (Wildman–Crippen MR) is 71.0 cm³/mol. The van der Waals surface area contributed by atoms with Crippen molar-refractivity contribution in [3.63, 3.8) is 0 Å². The maximum absolute atomic E-state index is 8.76. The van der Waals surface area contributed by atoms with E-state index in [1.165, 1.54) is 0 Å². The fourth-order valence-electron chi connectivity index (χ4n) is 1.77. The number of aliphatic hydroxyl groups excluding tert-OH is 1. The molecule has 0 radical (unpaired) electrons. The first-order valence-electron chi connectivity index (χ1n) is 5.97. The summed E-state index contributed by atoms with van der Waals surface area (Å²) in [6, 6.07) is 1.97. The number of nitrogens with zero attached hydrogens (tertiary/aromatic N) is 1. The molecule has 0 bridgehead atoms. The molecule has 0 unspecified atom stereocenters. The topological polar surface area (TPSA) is 69.0 Å². The molecule has 4 nitrogen and oxygen atoms in total. The second-order valence-electron chi connectivity index (χ2n) is 4.41. The van der Waals surface area contributed by atoms with Crippen LogP contribution in [0.1, 0.15) is 44.2 Å². The van der Waals surface area contributed by atoms with Crippen LogP contribution in [-0.4, -0.2) is 29.0 Å². The smallest absolute Gasteiger partial charge is 0.135 e. The van der Waals surface area contributed by atoms with Gasteiger partial charge in [-0.2, -0.15) is 0 Å². The Hall–Kier alpha value is -1.42. The lowest BCUT2D eigenvalue weighted by molar-refractivity contribution is 0.292. The maximum atomic E-state index is 8.76. The molecule has 0 saturated heterocycles. The lowest BCUT2D eigenvalue weighted by Crippen LogP contribution is -2.12. The van der Waals surface area contributed by atoms with Gasteiger partial charge in [0.1, 0.15) is 5.82 Å². The average Bonchev–Trinajstić information content (AvgIpc) is 2.28. The van der Waals surface area contributed by atoms with Crippen LogP contribution in [0, 0.1) is 5.41 Å². The molecular formula is C13H21N3O. The summed E-state index contributed by atoms with van der Waals surface area (Å²) in [6.07, 6.45) is 2.45. The highest BCUT2D eigenvalue weighted by molar-refractivity contribution is 6.02. The predicted octanol–water partition coefficient (Wildman–Crippen LogP) is 2.39. The highest BCUT2D eigenvalue weighted by Crippen LogP contribution is 2.24. The van der Waals surface area contributed by atoms with Crippen molar-refractivity contribution in [3.8, 4) is 0 Å². The Bertz CT molecular complexity index is 388. The van der Waals surface area contributed by atoms with E-state index in [4.69, 9.17) is 10.5 Å². The summed E-state index contributed by atoms with van der Waals surface area (Å²) >= 11 is 0. The van der Waals surface area contributed by atoms with E-state index in [0.29, 0.717) is 24.6 Å². The molecule has 1 heterocycles. The van der Waals surface area contributed by atoms with Crippen LogP contribution in [0.25, 0.3) is 0 Å². The molecule has 0 saturated carbocycles. The van der Waals surface area contributed by atoms with Gasteiger partial charge < -0.3 is 15.8 Å². The summed E-state index contributed by atoms with van der Waals surface area (Å²) in [6.45, 7) is 6.83. The standard InChI is InChI=1S/C13H21N3O/c1-9(2)11-5-7-16-13(12(11)10(3)14)15-6-4-8-17/h5,7,9,14,17H,4,6,8H2,1-3H3,(H,15,16). The Balaban J connectivity index is 3.03. The minimum Gasteiger partial charge on any atom is -0.396 e. The Morgan fingerprint density at radius 1 is 1.53 bits per heavy atom. The van der Waals surface area contributed by atoms with Crippen LogP contribution in [0.15, 0.2) is 12.3 Å². The number of pyridine rings is 1. The number of rotatable bonds is 6. The van der Waals surface area contributed by atoms with Crippen LogP contribution >= 0.6 is 0 Å². The minimum atomic E-state index is 0.162. The number of aromatic nitrogens is 1. The van der Waals surface area contributed by atoms with E-state index in [2.05, 4.69) is 24.1 Å². The molecule has 94 valence electrons. The molecular weight excluding hydrogens is 214 g/mol. The molecule has 1 aromatic rings. The second-order valence-corrected chi connectivity index (χ2v) is 4.41. The Kier molecular flexibility index (Phi) is 5.10. The van der Waals surface area contributed by atoms with Gasteiger partial charge in [-0.25, -0.2) is 4.98 Å². The van der Waals surface area contributed by atoms with Gasteiger partial charge in [0.25, 0.3) is 0 Å². The van der Waals surface area contributed by atoms with Crippen molar-refractivity contribution in [2.75, 3.05) is 18.5 Å². The molecule has 0 atom stereocenters. The number of hydrogen-bond acceptors (Lipinski definition) is 4. The summed E-state index contributed by atoms with van der Waals surface area (Å²) in [5, 5.41) is 19.8. The molecule has 0 aliphatic carbocycles. The molecule has 0 spiro atoms. The number of hydrogen-bond donors (Lipinski definition) is 3. The van der Waals surface area contributed by atoms with Gasteiger partial charge in [-0.1, -0.05) is 13.8 Å². The van der Waals surface area contributed by atoms with Crippen molar-refractivity contribution < 1.29 is 5.11 Å². The van der Waals surface area contributed by atoms with Crippen LogP contribution in [0.2, 0.25) is 0 Å². The third-order valence-electron chi connectivity index (χ3n) is 2.61. The molecule has 0 fully saturated rings. The van der Waals surface area contributed by atoms with Gasteiger partial charge in [-0.05, 0) is 30.9 Å². The van der Waals surface area contributed by atoms with E-state index in [9.17, 15) is 0 Å². The summed E-state index contributed by atoms with van der Waals surface area (Å²) in [5.41, 5.74) is 2.55. The summed E-state index contributed by atoms with van der Waals surface area (Å²) in [4.78, 5) is 4.28.